The third kappa shape index (κ3) is 19.6. The summed E-state index contributed by atoms with van der Waals surface area (Å²) in [5.41, 5.74) is 2.39. The van der Waals surface area contributed by atoms with Gasteiger partial charge in [0.05, 0.1) is 0 Å². The first-order valence-corrected chi connectivity index (χ1v) is 13.2. The number of unbranched alkanes of at least 4 members (excludes halogenated alkanes) is 12. The smallest absolute Gasteiger partial charge is 0.872 e. The fraction of sp³-hybridized carbons (Fsp3) is 0.600. The maximum Gasteiger partial charge on any atom is 2.00 e. The molecule has 0 aliphatic heterocycles. The Bertz CT molecular complexity index is 627. The summed E-state index contributed by atoms with van der Waals surface area (Å²) in [6.45, 7) is 4.49. The van der Waals surface area contributed by atoms with Crippen LogP contribution in [0.25, 0.3) is 0 Å². The molecule has 2 aromatic rings. The molecule has 0 amide bonds. The van der Waals surface area contributed by atoms with Crippen LogP contribution in [0.4, 0.5) is 0 Å². The van der Waals surface area contributed by atoms with Crippen LogP contribution < -0.4 is 10.2 Å². The van der Waals surface area contributed by atoms with Crippen molar-refractivity contribution in [3.8, 4) is 11.5 Å². The van der Waals surface area contributed by atoms with E-state index in [0.717, 1.165) is 12.8 Å². The fourth-order valence-corrected chi connectivity index (χ4v) is 3.97. The van der Waals surface area contributed by atoms with E-state index in [1.54, 1.807) is 24.3 Å². The summed E-state index contributed by atoms with van der Waals surface area (Å²) in [4.78, 5) is 0. The molecular weight excluding hydrogens is 530 g/mol. The minimum atomic E-state index is 0. The predicted molar refractivity (Wildman–Crippen MR) is 141 cm³/mol. The van der Waals surface area contributed by atoms with Crippen molar-refractivity contribution in [1.82, 2.24) is 0 Å². The van der Waals surface area contributed by atoms with E-state index in [1.807, 2.05) is 12.1 Å². The summed E-state index contributed by atoms with van der Waals surface area (Å²) < 4.78 is 0. The molecule has 0 N–H and O–H groups in total. The Kier molecular flexibility index (Phi) is 23.1. The van der Waals surface area contributed by atoms with Crippen molar-refractivity contribution in [3.05, 3.63) is 59.7 Å². The van der Waals surface area contributed by atoms with Gasteiger partial charge in [-0.3, -0.25) is 0 Å². The molecule has 0 spiro atoms. The van der Waals surface area contributed by atoms with Crippen molar-refractivity contribution < 1.29 is 10.2 Å². The fourth-order valence-electron chi connectivity index (χ4n) is 3.97. The van der Waals surface area contributed by atoms with Gasteiger partial charge in [0, 0.05) is 0 Å². The van der Waals surface area contributed by atoms with E-state index >= 15 is 0 Å². The van der Waals surface area contributed by atoms with Gasteiger partial charge in [-0.05, 0) is 36.8 Å². The normalized spacial score (nSPS) is 10.2. The summed E-state index contributed by atoms with van der Waals surface area (Å²) in [6, 6.07) is 14.6. The number of rotatable bonds is 16. The second-order valence-electron chi connectivity index (χ2n) is 9.04. The van der Waals surface area contributed by atoms with Gasteiger partial charge in [0.1, 0.15) is 0 Å². The van der Waals surface area contributed by atoms with Crippen molar-refractivity contribution >= 4 is 48.9 Å². The van der Waals surface area contributed by atoms with Crippen LogP contribution in [0.1, 0.15) is 115 Å². The van der Waals surface area contributed by atoms with E-state index in [1.165, 1.54) is 101 Å². The second kappa shape index (κ2) is 23.4. The summed E-state index contributed by atoms with van der Waals surface area (Å²) in [6.07, 6.45) is 20.7. The van der Waals surface area contributed by atoms with Crippen LogP contribution >= 0.6 is 0 Å². The van der Waals surface area contributed by atoms with Crippen molar-refractivity contribution in [2.45, 2.75) is 117 Å². The van der Waals surface area contributed by atoms with Gasteiger partial charge in [0.15, 0.2) is 0 Å². The quantitative estimate of drug-likeness (QED) is 0.152. The molecule has 33 heavy (non-hydrogen) atoms. The van der Waals surface area contributed by atoms with Crippen molar-refractivity contribution in [3.63, 3.8) is 0 Å². The van der Waals surface area contributed by atoms with Crippen LogP contribution in [0.15, 0.2) is 48.5 Å². The van der Waals surface area contributed by atoms with Gasteiger partial charge < -0.3 is 10.2 Å². The summed E-state index contributed by atoms with van der Waals surface area (Å²) >= 11 is 0. The van der Waals surface area contributed by atoms with Crippen LogP contribution in [0.5, 0.6) is 11.5 Å². The Morgan fingerprint density at radius 1 is 0.485 bits per heavy atom. The van der Waals surface area contributed by atoms with E-state index in [9.17, 15) is 10.2 Å². The Balaban J connectivity index is 0.000000602. The van der Waals surface area contributed by atoms with Crippen molar-refractivity contribution in [1.29, 1.82) is 0 Å². The molecule has 0 atom stereocenters. The Labute approximate surface area is 244 Å². The van der Waals surface area contributed by atoms with Crippen molar-refractivity contribution in [2.24, 2.45) is 0 Å². The van der Waals surface area contributed by atoms with E-state index in [2.05, 4.69) is 26.0 Å². The van der Waals surface area contributed by atoms with E-state index in [0.29, 0.717) is 0 Å². The molecule has 0 saturated carbocycles. The second-order valence-corrected chi connectivity index (χ2v) is 9.04. The summed E-state index contributed by atoms with van der Waals surface area (Å²) in [7, 11) is 0. The molecule has 0 aliphatic carbocycles. The number of hydrogen-bond donors (Lipinski definition) is 0. The zero-order valence-electron chi connectivity index (χ0n) is 21.5. The SMILES string of the molecule is CCCCCCCCCc1cccc([O-])c1.CCCCCCCCCc1cccc([O-])c1.[Ba+2]. The van der Waals surface area contributed by atoms with Crippen LogP contribution in [0.3, 0.4) is 0 Å². The third-order valence-electron chi connectivity index (χ3n) is 5.93. The largest absolute Gasteiger partial charge is 2.00 e. The minimum absolute atomic E-state index is 0. The molecule has 3 heteroatoms. The van der Waals surface area contributed by atoms with Gasteiger partial charge in [-0.1, -0.05) is 139 Å². The van der Waals surface area contributed by atoms with Gasteiger partial charge in [0.2, 0.25) is 0 Å². The van der Waals surface area contributed by atoms with E-state index in [4.69, 9.17) is 0 Å². The topological polar surface area (TPSA) is 46.1 Å². The monoisotopic (exact) mass is 576 g/mol. The first-order chi connectivity index (χ1) is 15.7. The molecule has 0 aromatic heterocycles. The Morgan fingerprint density at radius 2 is 0.818 bits per heavy atom. The van der Waals surface area contributed by atoms with E-state index < -0.39 is 0 Å². The summed E-state index contributed by atoms with van der Waals surface area (Å²) in [5, 5.41) is 22.2. The molecule has 2 nitrogen and oxygen atoms in total. The first-order valence-electron chi connectivity index (χ1n) is 13.2. The molecule has 2 aromatic carbocycles. The minimum Gasteiger partial charge on any atom is -0.872 e. The zero-order chi connectivity index (χ0) is 23.3. The average Bonchev–Trinajstić information content (AvgIpc) is 2.78. The molecule has 180 valence electrons. The average molecular weight is 576 g/mol. The Hall–Kier alpha value is -0.389. The van der Waals surface area contributed by atoms with Gasteiger partial charge in [-0.2, -0.15) is 0 Å². The number of hydrogen-bond acceptors (Lipinski definition) is 2. The number of benzene rings is 2. The first kappa shape index (κ1) is 32.6. The standard InChI is InChI=1S/2C15H24O.Ba/c2*1-2-3-4-5-6-7-8-10-14-11-9-12-15(16)13-14;/h2*9,11-13,16H,2-8,10H2,1H3;/q;;+2/p-2. The van der Waals surface area contributed by atoms with Crippen LogP contribution in [-0.2, 0) is 12.8 Å². The molecule has 0 bridgehead atoms. The van der Waals surface area contributed by atoms with Gasteiger partial charge >= 0.3 is 48.9 Å². The molecule has 0 fully saturated rings. The van der Waals surface area contributed by atoms with Gasteiger partial charge in [-0.15, -0.1) is 11.5 Å². The van der Waals surface area contributed by atoms with Crippen LogP contribution in [-0.4, -0.2) is 48.9 Å². The van der Waals surface area contributed by atoms with Gasteiger partial charge in [-0.25, -0.2) is 0 Å². The van der Waals surface area contributed by atoms with Crippen molar-refractivity contribution in [2.75, 3.05) is 0 Å². The molecule has 2 rings (SSSR count). The van der Waals surface area contributed by atoms with Gasteiger partial charge in [0.25, 0.3) is 0 Å². The molecule has 0 heterocycles. The Morgan fingerprint density at radius 3 is 1.15 bits per heavy atom. The van der Waals surface area contributed by atoms with Crippen LogP contribution in [0.2, 0.25) is 0 Å². The molecular formula is C30H46BaO2. The molecule has 0 unspecified atom stereocenters. The predicted octanol–water partition coefficient (Wildman–Crippen LogP) is 7.73. The molecule has 0 saturated heterocycles. The van der Waals surface area contributed by atoms with E-state index in [-0.39, 0.29) is 60.4 Å². The zero-order valence-corrected chi connectivity index (χ0v) is 25.9. The van der Waals surface area contributed by atoms with Crippen LogP contribution in [0, 0.1) is 0 Å². The molecule has 0 aliphatic rings. The third-order valence-corrected chi connectivity index (χ3v) is 5.93. The molecule has 0 radical (unpaired) electrons. The summed E-state index contributed by atoms with van der Waals surface area (Å²) in [5.74, 6) is 0.279. The number of aryl methyl sites for hydroxylation is 2. The maximum atomic E-state index is 11.1. The maximum absolute atomic E-state index is 11.1.